The molecule has 1 aromatic rings. The molecule has 2 amide bonds. The molecule has 2 rings (SSSR count). The van der Waals surface area contributed by atoms with Crippen LogP contribution in [0.2, 0.25) is 0 Å². The molecule has 0 aromatic heterocycles. The highest BCUT2D eigenvalue weighted by atomic mass is 19.1. The standard InChI is InChI=1S/C19H28FN3O2/c1-23(2)13-3-12-21-18(24)14-4-6-15(7-5-14)19(25)22-17-10-8-16(20)9-11-17/h8-11,14-15H,3-7,12-13H2,1-2H3,(H,21,24)(H,22,25). The van der Waals surface area contributed by atoms with Crippen LogP contribution in [-0.4, -0.2) is 43.9 Å². The van der Waals surface area contributed by atoms with Crippen LogP contribution in [0.5, 0.6) is 0 Å². The number of halogens is 1. The summed E-state index contributed by atoms with van der Waals surface area (Å²) in [5.41, 5.74) is 0.604. The van der Waals surface area contributed by atoms with Gasteiger partial charge in [-0.05, 0) is 77.0 Å². The minimum Gasteiger partial charge on any atom is -0.356 e. The van der Waals surface area contributed by atoms with Crippen molar-refractivity contribution >= 4 is 17.5 Å². The van der Waals surface area contributed by atoms with E-state index in [1.807, 2.05) is 14.1 Å². The van der Waals surface area contributed by atoms with Crippen LogP contribution in [0.4, 0.5) is 10.1 Å². The lowest BCUT2D eigenvalue weighted by Crippen LogP contribution is -2.36. The maximum atomic E-state index is 12.9. The molecule has 1 fully saturated rings. The quantitative estimate of drug-likeness (QED) is 0.744. The van der Waals surface area contributed by atoms with Gasteiger partial charge in [-0.25, -0.2) is 4.39 Å². The van der Waals surface area contributed by atoms with Crippen molar-refractivity contribution in [2.75, 3.05) is 32.5 Å². The maximum Gasteiger partial charge on any atom is 0.227 e. The Balaban J connectivity index is 1.70. The zero-order chi connectivity index (χ0) is 18.2. The third kappa shape index (κ3) is 6.46. The molecule has 0 saturated heterocycles. The first-order valence-electron chi connectivity index (χ1n) is 8.94. The average molecular weight is 349 g/mol. The highest BCUT2D eigenvalue weighted by Crippen LogP contribution is 2.29. The first kappa shape index (κ1) is 19.4. The van der Waals surface area contributed by atoms with Gasteiger partial charge < -0.3 is 15.5 Å². The van der Waals surface area contributed by atoms with E-state index in [9.17, 15) is 14.0 Å². The second-order valence-corrected chi connectivity index (χ2v) is 6.99. The number of nitrogens with one attached hydrogen (secondary N) is 2. The van der Waals surface area contributed by atoms with Gasteiger partial charge in [-0.2, -0.15) is 0 Å². The number of rotatable bonds is 7. The van der Waals surface area contributed by atoms with Crippen LogP contribution in [0, 0.1) is 17.7 Å². The topological polar surface area (TPSA) is 61.4 Å². The van der Waals surface area contributed by atoms with E-state index >= 15 is 0 Å². The van der Waals surface area contributed by atoms with E-state index in [0.29, 0.717) is 25.1 Å². The van der Waals surface area contributed by atoms with Crippen LogP contribution in [0.25, 0.3) is 0 Å². The zero-order valence-corrected chi connectivity index (χ0v) is 15.1. The predicted octanol–water partition coefficient (Wildman–Crippen LogP) is 2.64. The normalized spacial score (nSPS) is 20.3. The summed E-state index contributed by atoms with van der Waals surface area (Å²) in [5, 5.41) is 5.82. The minimum atomic E-state index is -0.324. The van der Waals surface area contributed by atoms with Gasteiger partial charge in [-0.15, -0.1) is 0 Å². The molecule has 0 heterocycles. The fourth-order valence-electron chi connectivity index (χ4n) is 3.15. The van der Waals surface area contributed by atoms with Crippen molar-refractivity contribution in [3.8, 4) is 0 Å². The molecule has 0 radical (unpaired) electrons. The second-order valence-electron chi connectivity index (χ2n) is 6.99. The van der Waals surface area contributed by atoms with Crippen LogP contribution in [0.1, 0.15) is 32.1 Å². The Morgan fingerprint density at radius 3 is 2.16 bits per heavy atom. The summed E-state index contributed by atoms with van der Waals surface area (Å²) in [6.45, 7) is 1.65. The number of anilines is 1. The van der Waals surface area contributed by atoms with Crippen molar-refractivity contribution in [3.05, 3.63) is 30.1 Å². The van der Waals surface area contributed by atoms with E-state index in [1.165, 1.54) is 12.1 Å². The molecule has 1 aliphatic rings. The first-order valence-corrected chi connectivity index (χ1v) is 8.94. The summed E-state index contributed by atoms with van der Waals surface area (Å²) >= 11 is 0. The van der Waals surface area contributed by atoms with Crippen molar-refractivity contribution in [2.45, 2.75) is 32.1 Å². The molecule has 138 valence electrons. The average Bonchev–Trinajstić information content (AvgIpc) is 2.60. The SMILES string of the molecule is CN(C)CCCNC(=O)C1CCC(C(=O)Nc2ccc(F)cc2)CC1. The molecule has 1 aliphatic carbocycles. The fourth-order valence-corrected chi connectivity index (χ4v) is 3.15. The van der Waals surface area contributed by atoms with Crippen molar-refractivity contribution in [2.24, 2.45) is 11.8 Å². The molecule has 0 aliphatic heterocycles. The number of hydrogen-bond acceptors (Lipinski definition) is 3. The van der Waals surface area contributed by atoms with Crippen molar-refractivity contribution in [1.29, 1.82) is 0 Å². The molecule has 25 heavy (non-hydrogen) atoms. The number of carbonyl (C=O) groups is 2. The summed E-state index contributed by atoms with van der Waals surface area (Å²) in [4.78, 5) is 26.6. The van der Waals surface area contributed by atoms with Gasteiger partial charge in [-0.1, -0.05) is 0 Å². The van der Waals surface area contributed by atoms with E-state index in [-0.39, 0.29) is 29.5 Å². The lowest BCUT2D eigenvalue weighted by atomic mass is 9.81. The van der Waals surface area contributed by atoms with Gasteiger partial charge in [0.15, 0.2) is 0 Å². The van der Waals surface area contributed by atoms with Crippen LogP contribution < -0.4 is 10.6 Å². The number of hydrogen-bond donors (Lipinski definition) is 2. The maximum absolute atomic E-state index is 12.9. The van der Waals surface area contributed by atoms with Crippen molar-refractivity contribution in [1.82, 2.24) is 10.2 Å². The first-order chi connectivity index (χ1) is 12.0. The van der Waals surface area contributed by atoms with Gasteiger partial charge >= 0.3 is 0 Å². The number of nitrogens with zero attached hydrogens (tertiary/aromatic N) is 1. The molecule has 1 aromatic carbocycles. The van der Waals surface area contributed by atoms with Crippen molar-refractivity contribution in [3.63, 3.8) is 0 Å². The second kappa shape index (κ2) is 9.51. The molecule has 0 unspecified atom stereocenters. The van der Waals surface area contributed by atoms with Crippen LogP contribution in [0.3, 0.4) is 0 Å². The lowest BCUT2D eigenvalue weighted by molar-refractivity contribution is -0.128. The summed E-state index contributed by atoms with van der Waals surface area (Å²) in [6.07, 6.45) is 3.84. The summed E-state index contributed by atoms with van der Waals surface area (Å²) < 4.78 is 12.9. The van der Waals surface area contributed by atoms with E-state index in [1.54, 1.807) is 12.1 Å². The molecule has 6 heteroatoms. The fraction of sp³-hybridized carbons (Fsp3) is 0.579. The highest BCUT2D eigenvalue weighted by Gasteiger charge is 2.29. The number of carbonyl (C=O) groups excluding carboxylic acids is 2. The van der Waals surface area contributed by atoms with Crippen LogP contribution in [-0.2, 0) is 9.59 Å². The predicted molar refractivity (Wildman–Crippen MR) is 96.7 cm³/mol. The van der Waals surface area contributed by atoms with E-state index in [4.69, 9.17) is 0 Å². The van der Waals surface area contributed by atoms with Gasteiger partial charge in [0.25, 0.3) is 0 Å². The molecular formula is C19H28FN3O2. The van der Waals surface area contributed by atoms with Gasteiger partial charge in [-0.3, -0.25) is 9.59 Å². The van der Waals surface area contributed by atoms with Gasteiger partial charge in [0, 0.05) is 24.1 Å². The number of benzene rings is 1. The van der Waals surface area contributed by atoms with Gasteiger partial charge in [0.2, 0.25) is 11.8 Å². The Labute approximate surface area is 149 Å². The Hall–Kier alpha value is -1.95. The molecule has 5 nitrogen and oxygen atoms in total. The monoisotopic (exact) mass is 349 g/mol. The molecular weight excluding hydrogens is 321 g/mol. The summed E-state index contributed by atoms with van der Waals surface area (Å²) in [5.74, 6) is -0.334. The Bertz CT molecular complexity index is 567. The summed E-state index contributed by atoms with van der Waals surface area (Å²) in [7, 11) is 4.03. The minimum absolute atomic E-state index is 0.00854. The third-order valence-corrected chi connectivity index (χ3v) is 4.66. The van der Waals surface area contributed by atoms with E-state index in [0.717, 1.165) is 25.8 Å². The molecule has 0 atom stereocenters. The van der Waals surface area contributed by atoms with E-state index in [2.05, 4.69) is 15.5 Å². The molecule has 0 bridgehead atoms. The Morgan fingerprint density at radius 2 is 1.60 bits per heavy atom. The van der Waals surface area contributed by atoms with Gasteiger partial charge in [0.1, 0.15) is 5.82 Å². The molecule has 2 N–H and O–H groups in total. The lowest BCUT2D eigenvalue weighted by Gasteiger charge is -2.27. The third-order valence-electron chi connectivity index (χ3n) is 4.66. The highest BCUT2D eigenvalue weighted by molar-refractivity contribution is 5.92. The number of amides is 2. The molecule has 0 spiro atoms. The Morgan fingerprint density at radius 1 is 1.04 bits per heavy atom. The van der Waals surface area contributed by atoms with Crippen LogP contribution in [0.15, 0.2) is 24.3 Å². The Kier molecular flexibility index (Phi) is 7.37. The smallest absolute Gasteiger partial charge is 0.227 e. The van der Waals surface area contributed by atoms with Gasteiger partial charge in [0.05, 0.1) is 0 Å². The summed E-state index contributed by atoms with van der Waals surface area (Å²) in [6, 6.07) is 5.76. The van der Waals surface area contributed by atoms with Crippen molar-refractivity contribution < 1.29 is 14.0 Å². The largest absolute Gasteiger partial charge is 0.356 e. The zero-order valence-electron chi connectivity index (χ0n) is 15.1. The van der Waals surface area contributed by atoms with Crippen LogP contribution >= 0.6 is 0 Å². The molecule has 1 saturated carbocycles. The van der Waals surface area contributed by atoms with E-state index < -0.39 is 0 Å².